The number of fused-ring (bicyclic) bond motifs is 1. The molecule has 6 nitrogen and oxygen atoms in total. The zero-order valence-electron chi connectivity index (χ0n) is 15.9. The first kappa shape index (κ1) is 22.7. The quantitative estimate of drug-likeness (QED) is 0.375. The van der Waals surface area contributed by atoms with Crippen LogP contribution in [0.1, 0.15) is 44.4 Å². The number of aromatic nitrogens is 2. The zero-order valence-corrected chi connectivity index (χ0v) is 18.2. The number of halogens is 6. The lowest BCUT2D eigenvalue weighted by Gasteiger charge is -2.23. The Bertz CT molecular complexity index is 1060. The van der Waals surface area contributed by atoms with Crippen LogP contribution in [-0.4, -0.2) is 39.0 Å². The van der Waals surface area contributed by atoms with Gasteiger partial charge in [0, 0.05) is 11.9 Å². The van der Waals surface area contributed by atoms with Gasteiger partial charge in [0.15, 0.2) is 5.82 Å². The van der Waals surface area contributed by atoms with E-state index in [1.54, 1.807) is 20.8 Å². The van der Waals surface area contributed by atoms with Gasteiger partial charge in [-0.15, -0.1) is 0 Å². The molecule has 1 aromatic carbocycles. The maximum Gasteiger partial charge on any atom is 0.417 e. The molecule has 1 saturated heterocycles. The van der Waals surface area contributed by atoms with Crippen molar-refractivity contribution in [3.8, 4) is 0 Å². The number of ether oxygens (including phenoxy) is 1. The molecule has 0 saturated carbocycles. The number of carbonyl (C=O) groups excluding carboxylic acids is 2. The molecule has 0 unspecified atom stereocenters. The summed E-state index contributed by atoms with van der Waals surface area (Å²) in [6, 6.07) is 0.664. The van der Waals surface area contributed by atoms with Gasteiger partial charge in [-0.1, -0.05) is 0 Å². The molecule has 2 amide bonds. The van der Waals surface area contributed by atoms with Crippen LogP contribution < -0.4 is 0 Å². The van der Waals surface area contributed by atoms with E-state index in [1.165, 1.54) is 0 Å². The van der Waals surface area contributed by atoms with Gasteiger partial charge < -0.3 is 4.74 Å². The summed E-state index contributed by atoms with van der Waals surface area (Å²) in [4.78, 5) is 33.5. The molecular weight excluding hydrogens is 498 g/mol. The largest absolute Gasteiger partial charge is 0.443 e. The van der Waals surface area contributed by atoms with Crippen LogP contribution in [0.5, 0.6) is 0 Å². The van der Waals surface area contributed by atoms with Gasteiger partial charge in [0.1, 0.15) is 11.1 Å². The highest BCUT2D eigenvalue weighted by atomic mass is 79.9. The predicted octanol–water partition coefficient (Wildman–Crippen LogP) is 5.45. The van der Waals surface area contributed by atoms with Crippen molar-refractivity contribution in [2.45, 2.75) is 44.9 Å². The molecule has 1 atom stereocenters. The summed E-state index contributed by atoms with van der Waals surface area (Å²) >= 11 is 8.45. The van der Waals surface area contributed by atoms with E-state index in [1.807, 2.05) is 0 Å². The van der Waals surface area contributed by atoms with Crippen LogP contribution in [0.4, 0.5) is 22.4 Å². The van der Waals surface area contributed by atoms with Crippen LogP contribution in [0.25, 0.3) is 10.9 Å². The minimum atomic E-state index is -4.87. The molecule has 2 aromatic rings. The molecule has 0 spiro atoms. The van der Waals surface area contributed by atoms with Crippen molar-refractivity contribution in [2.75, 3.05) is 6.54 Å². The van der Waals surface area contributed by atoms with Gasteiger partial charge in [-0.3, -0.25) is 4.79 Å². The Morgan fingerprint density at radius 3 is 2.50 bits per heavy atom. The number of benzene rings is 1. The van der Waals surface area contributed by atoms with Gasteiger partial charge in [-0.2, -0.15) is 13.2 Å². The van der Waals surface area contributed by atoms with Crippen LogP contribution in [-0.2, 0) is 15.7 Å². The molecular formula is C18H15BrClF4N3O3. The molecule has 2 heterocycles. The normalized spacial score (nSPS) is 17.7. The fourth-order valence-electron chi connectivity index (χ4n) is 3.10. The lowest BCUT2D eigenvalue weighted by atomic mass is 9.98. The summed E-state index contributed by atoms with van der Waals surface area (Å²) in [5.41, 5.74) is -2.78. The van der Waals surface area contributed by atoms with Gasteiger partial charge >= 0.3 is 12.3 Å². The van der Waals surface area contributed by atoms with Gasteiger partial charge in [-0.25, -0.2) is 24.1 Å². The number of hydrogen-bond acceptors (Lipinski definition) is 5. The molecule has 12 heteroatoms. The van der Waals surface area contributed by atoms with Crippen LogP contribution >= 0.6 is 27.5 Å². The lowest BCUT2D eigenvalue weighted by molar-refractivity contribution is -0.138. The standard InChI is InChI=1S/C18H15BrClF4N3O3/c1-17(2,3)30-16(29)27-5-4-7(14(27)28)12-8-6-9(18(22,23)24)10(19)11(21)13(8)26-15(20)25-12/h6-7H,4-5H2,1-3H3/t7-/m1/s1. The molecule has 1 aliphatic heterocycles. The SMILES string of the molecule is CC(C)(C)OC(=O)N1CC[C@H](c2nc(Cl)nc3c(F)c(Br)c(C(F)(F)F)cc23)C1=O. The Kier molecular flexibility index (Phi) is 5.74. The van der Waals surface area contributed by atoms with E-state index in [2.05, 4.69) is 25.9 Å². The third kappa shape index (κ3) is 4.22. The smallest absolute Gasteiger partial charge is 0.417 e. The van der Waals surface area contributed by atoms with Crippen molar-refractivity contribution >= 4 is 50.4 Å². The second-order valence-electron chi connectivity index (χ2n) is 7.64. The van der Waals surface area contributed by atoms with Crippen molar-refractivity contribution < 1.29 is 31.9 Å². The average molecular weight is 513 g/mol. The van der Waals surface area contributed by atoms with Crippen molar-refractivity contribution in [3.05, 3.63) is 32.9 Å². The van der Waals surface area contributed by atoms with E-state index < -0.39 is 56.3 Å². The first-order valence-corrected chi connectivity index (χ1v) is 9.84. The number of hydrogen-bond donors (Lipinski definition) is 0. The fraction of sp³-hybridized carbons (Fsp3) is 0.444. The Labute approximate surface area is 181 Å². The third-order valence-electron chi connectivity index (χ3n) is 4.33. The summed E-state index contributed by atoms with van der Waals surface area (Å²) in [5, 5.41) is -0.747. The van der Waals surface area contributed by atoms with Gasteiger partial charge in [0.2, 0.25) is 11.2 Å². The first-order chi connectivity index (χ1) is 13.7. The summed E-state index contributed by atoms with van der Waals surface area (Å²) in [7, 11) is 0. The predicted molar refractivity (Wildman–Crippen MR) is 103 cm³/mol. The Morgan fingerprint density at radius 2 is 1.93 bits per heavy atom. The maximum absolute atomic E-state index is 14.7. The number of nitrogens with zero attached hydrogens (tertiary/aromatic N) is 3. The summed E-state index contributed by atoms with van der Waals surface area (Å²) in [6.45, 7) is 4.84. The average Bonchev–Trinajstić information content (AvgIpc) is 2.96. The monoisotopic (exact) mass is 511 g/mol. The molecule has 0 radical (unpaired) electrons. The number of likely N-dealkylation sites (tertiary alicyclic amines) is 1. The number of amides is 2. The molecule has 0 aliphatic carbocycles. The van der Waals surface area contributed by atoms with E-state index in [4.69, 9.17) is 16.3 Å². The van der Waals surface area contributed by atoms with Crippen LogP contribution in [0.15, 0.2) is 10.5 Å². The molecule has 0 N–H and O–H groups in total. The van der Waals surface area contributed by atoms with Gasteiger partial charge in [-0.05, 0) is 60.8 Å². The highest BCUT2D eigenvalue weighted by Crippen LogP contribution is 2.41. The third-order valence-corrected chi connectivity index (χ3v) is 5.27. The highest BCUT2D eigenvalue weighted by Gasteiger charge is 2.42. The van der Waals surface area contributed by atoms with Crippen molar-refractivity contribution in [1.82, 2.24) is 14.9 Å². The zero-order chi connectivity index (χ0) is 22.6. The minimum Gasteiger partial charge on any atom is -0.443 e. The minimum absolute atomic E-state index is 0.0351. The Hall–Kier alpha value is -2.01. The Morgan fingerprint density at radius 1 is 1.30 bits per heavy atom. The lowest BCUT2D eigenvalue weighted by Crippen LogP contribution is -2.38. The summed E-state index contributed by atoms with van der Waals surface area (Å²) in [5.74, 6) is -3.11. The molecule has 162 valence electrons. The number of carbonyl (C=O) groups is 2. The topological polar surface area (TPSA) is 72.4 Å². The Balaban J connectivity index is 2.11. The van der Waals surface area contributed by atoms with Crippen LogP contribution in [0.2, 0.25) is 5.28 Å². The number of rotatable bonds is 1. The molecule has 1 aromatic heterocycles. The highest BCUT2D eigenvalue weighted by molar-refractivity contribution is 9.10. The van der Waals surface area contributed by atoms with Crippen molar-refractivity contribution in [3.63, 3.8) is 0 Å². The van der Waals surface area contributed by atoms with Crippen LogP contribution in [0, 0.1) is 5.82 Å². The van der Waals surface area contributed by atoms with Crippen LogP contribution in [0.3, 0.4) is 0 Å². The number of alkyl halides is 3. The molecule has 1 aliphatic rings. The second kappa shape index (κ2) is 7.60. The van der Waals surface area contributed by atoms with Crippen molar-refractivity contribution in [2.24, 2.45) is 0 Å². The first-order valence-electron chi connectivity index (χ1n) is 8.67. The van der Waals surface area contributed by atoms with E-state index >= 15 is 0 Å². The van der Waals surface area contributed by atoms with Crippen molar-refractivity contribution in [1.29, 1.82) is 0 Å². The fourth-order valence-corrected chi connectivity index (χ4v) is 3.80. The molecule has 0 bridgehead atoms. The molecule has 1 fully saturated rings. The summed E-state index contributed by atoms with van der Waals surface area (Å²) < 4.78 is 59.1. The summed E-state index contributed by atoms with van der Waals surface area (Å²) in [6.07, 6.45) is -5.70. The van der Waals surface area contributed by atoms with E-state index in [0.717, 1.165) is 4.90 Å². The van der Waals surface area contributed by atoms with E-state index in [0.29, 0.717) is 6.07 Å². The van der Waals surface area contributed by atoms with Gasteiger partial charge in [0.25, 0.3) is 0 Å². The molecule has 3 rings (SSSR count). The number of imide groups is 1. The van der Waals surface area contributed by atoms with E-state index in [9.17, 15) is 27.2 Å². The maximum atomic E-state index is 14.7. The second-order valence-corrected chi connectivity index (χ2v) is 8.77. The van der Waals surface area contributed by atoms with E-state index in [-0.39, 0.29) is 24.0 Å². The molecule has 30 heavy (non-hydrogen) atoms. The van der Waals surface area contributed by atoms with Gasteiger partial charge in [0.05, 0.1) is 21.6 Å².